The van der Waals surface area contributed by atoms with Crippen molar-refractivity contribution in [2.75, 3.05) is 24.7 Å². The summed E-state index contributed by atoms with van der Waals surface area (Å²) < 4.78 is 5.71. The first kappa shape index (κ1) is 11.4. The molecule has 0 saturated carbocycles. The lowest BCUT2D eigenvalue weighted by atomic mass is 10.0. The van der Waals surface area contributed by atoms with E-state index in [0.717, 1.165) is 24.9 Å². The number of benzene rings is 1. The maximum atomic E-state index is 5.71. The van der Waals surface area contributed by atoms with E-state index in [-0.39, 0.29) is 0 Å². The molecule has 92 valence electrons. The summed E-state index contributed by atoms with van der Waals surface area (Å²) in [6, 6.07) is 9.16. The second kappa shape index (κ2) is 5.32. The summed E-state index contributed by atoms with van der Waals surface area (Å²) in [5, 5.41) is 3.71. The molecular formula is C14H19NOS. The van der Waals surface area contributed by atoms with E-state index in [2.05, 4.69) is 35.3 Å². The molecular weight excluding hydrogens is 230 g/mol. The third-order valence-electron chi connectivity index (χ3n) is 3.67. The van der Waals surface area contributed by atoms with Gasteiger partial charge in [-0.15, -0.1) is 0 Å². The average Bonchev–Trinajstić information content (AvgIpc) is 2.81. The van der Waals surface area contributed by atoms with Gasteiger partial charge in [0, 0.05) is 24.1 Å². The molecule has 0 bridgehead atoms. The summed E-state index contributed by atoms with van der Waals surface area (Å²) >= 11 is 2.08. The zero-order valence-corrected chi connectivity index (χ0v) is 10.8. The predicted molar refractivity (Wildman–Crippen MR) is 73.0 cm³/mol. The molecule has 1 N–H and O–H groups in total. The Morgan fingerprint density at radius 2 is 2.06 bits per heavy atom. The van der Waals surface area contributed by atoms with E-state index in [1.54, 1.807) is 0 Å². The topological polar surface area (TPSA) is 21.3 Å². The Labute approximate surface area is 107 Å². The fraction of sp³-hybridized carbons (Fsp3) is 0.571. The zero-order valence-electron chi connectivity index (χ0n) is 10.0. The van der Waals surface area contributed by atoms with Crippen LogP contribution in [0.15, 0.2) is 24.3 Å². The van der Waals surface area contributed by atoms with E-state index in [0.29, 0.717) is 5.92 Å². The van der Waals surface area contributed by atoms with Gasteiger partial charge in [-0.3, -0.25) is 0 Å². The van der Waals surface area contributed by atoms with Crippen LogP contribution in [0.3, 0.4) is 0 Å². The van der Waals surface area contributed by atoms with Gasteiger partial charge in [-0.05, 0) is 30.4 Å². The highest BCUT2D eigenvalue weighted by molar-refractivity contribution is 7.99. The first-order chi connectivity index (χ1) is 8.43. The first-order valence-electron chi connectivity index (χ1n) is 6.46. The van der Waals surface area contributed by atoms with E-state index >= 15 is 0 Å². The van der Waals surface area contributed by atoms with Crippen LogP contribution in [0.5, 0.6) is 5.75 Å². The van der Waals surface area contributed by atoms with E-state index in [1.807, 2.05) is 6.07 Å². The molecule has 0 spiro atoms. The van der Waals surface area contributed by atoms with Gasteiger partial charge < -0.3 is 10.1 Å². The van der Waals surface area contributed by atoms with Crippen LogP contribution in [0.25, 0.3) is 0 Å². The number of thioether (sulfide) groups is 1. The van der Waals surface area contributed by atoms with Gasteiger partial charge >= 0.3 is 0 Å². The van der Waals surface area contributed by atoms with Gasteiger partial charge in [0.25, 0.3) is 0 Å². The Morgan fingerprint density at radius 1 is 1.24 bits per heavy atom. The Morgan fingerprint density at radius 3 is 2.94 bits per heavy atom. The van der Waals surface area contributed by atoms with Crippen molar-refractivity contribution in [3.63, 3.8) is 0 Å². The highest BCUT2D eigenvalue weighted by atomic mass is 32.2. The molecule has 1 unspecified atom stereocenters. The zero-order chi connectivity index (χ0) is 11.5. The first-order valence-corrected chi connectivity index (χ1v) is 7.62. The van der Waals surface area contributed by atoms with Gasteiger partial charge in [-0.25, -0.2) is 0 Å². The van der Waals surface area contributed by atoms with Crippen molar-refractivity contribution in [3.8, 4) is 5.75 Å². The predicted octanol–water partition coefficient (Wildman–Crippen LogP) is 2.65. The van der Waals surface area contributed by atoms with Gasteiger partial charge in [-0.2, -0.15) is 11.8 Å². The van der Waals surface area contributed by atoms with Gasteiger partial charge in [0.1, 0.15) is 5.75 Å². The number of hydrogen-bond donors (Lipinski definition) is 1. The fourth-order valence-corrected chi connectivity index (χ4v) is 3.72. The van der Waals surface area contributed by atoms with Crippen molar-refractivity contribution in [2.24, 2.45) is 0 Å². The fourth-order valence-electron chi connectivity index (χ4n) is 2.61. The molecule has 17 heavy (non-hydrogen) atoms. The van der Waals surface area contributed by atoms with Crippen LogP contribution in [0.4, 0.5) is 0 Å². The van der Waals surface area contributed by atoms with Crippen molar-refractivity contribution in [1.82, 2.24) is 5.32 Å². The molecule has 1 saturated heterocycles. The van der Waals surface area contributed by atoms with E-state index in [4.69, 9.17) is 4.74 Å². The van der Waals surface area contributed by atoms with Crippen LogP contribution >= 0.6 is 11.8 Å². The lowest BCUT2D eigenvalue weighted by Gasteiger charge is -2.24. The second-order valence-corrected chi connectivity index (χ2v) is 6.07. The van der Waals surface area contributed by atoms with E-state index in [1.165, 1.54) is 29.9 Å². The summed E-state index contributed by atoms with van der Waals surface area (Å²) in [5.74, 6) is 4.25. The Balaban J connectivity index is 1.56. The summed E-state index contributed by atoms with van der Waals surface area (Å²) in [6.07, 6.45) is 2.64. The van der Waals surface area contributed by atoms with Crippen LogP contribution in [0, 0.1) is 0 Å². The van der Waals surface area contributed by atoms with Gasteiger partial charge in [0.05, 0.1) is 6.61 Å². The summed E-state index contributed by atoms with van der Waals surface area (Å²) in [5.41, 5.74) is 1.38. The Kier molecular flexibility index (Phi) is 3.57. The number of rotatable bonds is 3. The van der Waals surface area contributed by atoms with Crippen LogP contribution < -0.4 is 10.1 Å². The minimum atomic E-state index is 0.542. The molecule has 0 radical (unpaired) electrons. The van der Waals surface area contributed by atoms with Crippen LogP contribution in [0.2, 0.25) is 0 Å². The molecule has 2 heterocycles. The maximum Gasteiger partial charge on any atom is 0.122 e. The Bertz CT molecular complexity index is 376. The SMILES string of the molecule is c1ccc2c(c1)OCC2CNC1CCSCC1. The number of ether oxygens (including phenoxy) is 1. The normalized spacial score (nSPS) is 24.4. The molecule has 2 aliphatic heterocycles. The number of fused-ring (bicyclic) bond motifs is 1. The number of hydrogen-bond acceptors (Lipinski definition) is 3. The molecule has 1 atom stereocenters. The van der Waals surface area contributed by atoms with E-state index in [9.17, 15) is 0 Å². The van der Waals surface area contributed by atoms with Crippen LogP contribution in [-0.2, 0) is 0 Å². The third kappa shape index (κ3) is 2.61. The average molecular weight is 249 g/mol. The molecule has 0 aromatic heterocycles. The largest absolute Gasteiger partial charge is 0.493 e. The third-order valence-corrected chi connectivity index (χ3v) is 4.72. The smallest absolute Gasteiger partial charge is 0.122 e. The molecule has 3 heteroatoms. The highest BCUT2D eigenvalue weighted by Gasteiger charge is 2.24. The van der Waals surface area contributed by atoms with Crippen molar-refractivity contribution in [3.05, 3.63) is 29.8 Å². The number of nitrogens with one attached hydrogen (secondary N) is 1. The highest BCUT2D eigenvalue weighted by Crippen LogP contribution is 2.33. The molecule has 1 aromatic carbocycles. The van der Waals surface area contributed by atoms with Crippen molar-refractivity contribution < 1.29 is 4.74 Å². The van der Waals surface area contributed by atoms with Crippen molar-refractivity contribution >= 4 is 11.8 Å². The molecule has 1 fully saturated rings. The minimum absolute atomic E-state index is 0.542. The molecule has 2 nitrogen and oxygen atoms in total. The summed E-state index contributed by atoms with van der Waals surface area (Å²) in [6.45, 7) is 1.90. The Hall–Kier alpha value is -0.670. The van der Waals surface area contributed by atoms with Crippen LogP contribution in [-0.4, -0.2) is 30.7 Å². The second-order valence-electron chi connectivity index (χ2n) is 4.84. The monoisotopic (exact) mass is 249 g/mol. The molecule has 3 rings (SSSR count). The van der Waals surface area contributed by atoms with Crippen LogP contribution in [0.1, 0.15) is 24.3 Å². The molecule has 2 aliphatic rings. The van der Waals surface area contributed by atoms with Gasteiger partial charge in [0.15, 0.2) is 0 Å². The quantitative estimate of drug-likeness (QED) is 0.890. The van der Waals surface area contributed by atoms with Crippen molar-refractivity contribution in [2.45, 2.75) is 24.8 Å². The molecule has 0 aliphatic carbocycles. The molecule has 1 aromatic rings. The van der Waals surface area contributed by atoms with E-state index < -0.39 is 0 Å². The van der Waals surface area contributed by atoms with Crippen molar-refractivity contribution in [1.29, 1.82) is 0 Å². The summed E-state index contributed by atoms with van der Waals surface area (Å²) in [4.78, 5) is 0. The van der Waals surface area contributed by atoms with Gasteiger partial charge in [-0.1, -0.05) is 18.2 Å². The minimum Gasteiger partial charge on any atom is -0.493 e. The lowest BCUT2D eigenvalue weighted by molar-refractivity contribution is 0.320. The lowest BCUT2D eigenvalue weighted by Crippen LogP contribution is -2.35. The van der Waals surface area contributed by atoms with Gasteiger partial charge in [0.2, 0.25) is 0 Å². The maximum absolute atomic E-state index is 5.71. The molecule has 0 amide bonds. The summed E-state index contributed by atoms with van der Waals surface area (Å²) in [7, 11) is 0. The number of para-hydroxylation sites is 1. The standard InChI is InChI=1S/C14H19NOS/c1-2-4-14-13(3-1)11(10-16-14)9-15-12-5-7-17-8-6-12/h1-4,11-12,15H,5-10H2.